The van der Waals surface area contributed by atoms with Crippen molar-refractivity contribution in [3.05, 3.63) is 75.1 Å². The molecule has 172 valence electrons. The summed E-state index contributed by atoms with van der Waals surface area (Å²) in [6, 6.07) is 10.6. The lowest BCUT2D eigenvalue weighted by Gasteiger charge is -2.23. The van der Waals surface area contributed by atoms with E-state index in [0.29, 0.717) is 44.1 Å². The number of carbonyl (C=O) groups excluding carboxylic acids is 2. The van der Waals surface area contributed by atoms with Gasteiger partial charge >= 0.3 is 0 Å². The fraction of sp³-hybridized carbons (Fsp3) is 0.280. The summed E-state index contributed by atoms with van der Waals surface area (Å²) in [5.41, 5.74) is 0.785. The smallest absolute Gasteiger partial charge is 0.264 e. The van der Waals surface area contributed by atoms with Crippen molar-refractivity contribution in [1.29, 1.82) is 0 Å². The van der Waals surface area contributed by atoms with Gasteiger partial charge < -0.3 is 23.9 Å². The third-order valence-electron chi connectivity index (χ3n) is 5.94. The molecule has 0 saturated heterocycles. The summed E-state index contributed by atoms with van der Waals surface area (Å²) in [6.07, 6.45) is 1.11. The number of anilines is 1. The summed E-state index contributed by atoms with van der Waals surface area (Å²) in [5, 5.41) is 11.6. The van der Waals surface area contributed by atoms with Crippen LogP contribution in [0.4, 0.5) is 5.69 Å². The predicted molar refractivity (Wildman–Crippen MR) is 126 cm³/mol. The summed E-state index contributed by atoms with van der Waals surface area (Å²) in [6.45, 7) is 3.64. The number of carbonyl (C=O) groups is 2. The number of benzene rings is 2. The summed E-state index contributed by atoms with van der Waals surface area (Å²) in [7, 11) is 3.09. The molecule has 4 rings (SSSR count). The molecular formula is C25H24BrNO6. The number of aryl methyl sites for hydroxylation is 2. The van der Waals surface area contributed by atoms with Gasteiger partial charge in [-0.1, -0.05) is 22.0 Å². The van der Waals surface area contributed by atoms with Crippen LogP contribution in [0.5, 0.6) is 11.5 Å². The molecule has 2 aromatic carbocycles. The van der Waals surface area contributed by atoms with E-state index in [4.69, 9.17) is 13.9 Å². The van der Waals surface area contributed by atoms with Gasteiger partial charge in [-0.25, -0.2) is 0 Å². The molecule has 1 amide bonds. The molecule has 0 spiro atoms. The van der Waals surface area contributed by atoms with Crippen LogP contribution in [0.3, 0.4) is 0 Å². The minimum atomic E-state index is -2.00. The Kier molecular flexibility index (Phi) is 6.07. The zero-order chi connectivity index (χ0) is 23.9. The lowest BCUT2D eigenvalue weighted by Crippen LogP contribution is -2.41. The van der Waals surface area contributed by atoms with E-state index in [1.54, 1.807) is 58.4 Å². The number of ether oxygens (including phenoxy) is 2. The van der Waals surface area contributed by atoms with Gasteiger partial charge in [0.2, 0.25) is 0 Å². The first-order valence-corrected chi connectivity index (χ1v) is 11.1. The van der Waals surface area contributed by atoms with E-state index in [2.05, 4.69) is 15.9 Å². The third-order valence-corrected chi connectivity index (χ3v) is 6.43. The topological polar surface area (TPSA) is 89.2 Å². The number of hydrogen-bond donors (Lipinski definition) is 1. The van der Waals surface area contributed by atoms with E-state index in [-0.39, 0.29) is 18.7 Å². The van der Waals surface area contributed by atoms with Crippen LogP contribution in [0.1, 0.15) is 39.2 Å². The van der Waals surface area contributed by atoms with Crippen molar-refractivity contribution >= 4 is 33.3 Å². The molecule has 1 atom stereocenters. The number of halogens is 1. The van der Waals surface area contributed by atoms with Crippen molar-refractivity contribution in [3.63, 3.8) is 0 Å². The predicted octanol–water partition coefficient (Wildman–Crippen LogP) is 4.68. The van der Waals surface area contributed by atoms with Crippen LogP contribution in [-0.4, -0.2) is 31.0 Å². The van der Waals surface area contributed by atoms with Crippen LogP contribution < -0.4 is 14.4 Å². The van der Waals surface area contributed by atoms with Gasteiger partial charge in [0.1, 0.15) is 5.76 Å². The van der Waals surface area contributed by atoms with E-state index >= 15 is 0 Å². The largest absolute Gasteiger partial charge is 0.493 e. The minimum Gasteiger partial charge on any atom is -0.493 e. The summed E-state index contributed by atoms with van der Waals surface area (Å²) in [5.74, 6) is 0.662. The van der Waals surface area contributed by atoms with Gasteiger partial charge in [0.05, 0.1) is 44.7 Å². The maximum atomic E-state index is 13.6. The molecule has 0 bridgehead atoms. The lowest BCUT2D eigenvalue weighted by molar-refractivity contribution is -0.136. The van der Waals surface area contributed by atoms with E-state index < -0.39 is 11.5 Å². The van der Waals surface area contributed by atoms with E-state index in [9.17, 15) is 14.7 Å². The summed E-state index contributed by atoms with van der Waals surface area (Å²) >= 11 is 3.41. The monoisotopic (exact) mass is 513 g/mol. The number of methoxy groups -OCH3 is 2. The van der Waals surface area contributed by atoms with Crippen LogP contribution in [-0.2, 0) is 16.9 Å². The highest BCUT2D eigenvalue weighted by molar-refractivity contribution is 9.10. The molecule has 2 heterocycles. The fourth-order valence-corrected chi connectivity index (χ4v) is 4.68. The minimum absolute atomic E-state index is 0.189. The first kappa shape index (κ1) is 23.1. The van der Waals surface area contributed by atoms with E-state index in [1.807, 2.05) is 6.07 Å². The third kappa shape index (κ3) is 3.94. The van der Waals surface area contributed by atoms with Crippen LogP contribution in [0.2, 0.25) is 0 Å². The maximum Gasteiger partial charge on any atom is 0.264 e. The average molecular weight is 514 g/mol. The standard InChI is InChI=1S/C25H24BrNO6/c1-14-13-33-15(2)23(14)20(28)11-25(30)18-10-17(26)6-7-19(18)27(24(25)29)12-16-5-8-21(31-3)22(9-16)32-4/h5-10,13,30H,11-12H2,1-4H3. The zero-order valence-corrected chi connectivity index (χ0v) is 20.4. The van der Waals surface area contributed by atoms with Crippen molar-refractivity contribution in [1.82, 2.24) is 0 Å². The number of Topliss-reactive ketones (excluding diaryl/α,β-unsaturated/α-hetero) is 1. The molecule has 0 radical (unpaired) electrons. The van der Waals surface area contributed by atoms with Crippen molar-refractivity contribution in [2.75, 3.05) is 19.1 Å². The average Bonchev–Trinajstić information content (AvgIpc) is 3.23. The Bertz CT molecular complexity index is 1230. The molecule has 1 aliphatic heterocycles. The summed E-state index contributed by atoms with van der Waals surface area (Å²) < 4.78 is 16.7. The van der Waals surface area contributed by atoms with Crippen molar-refractivity contribution in [2.24, 2.45) is 0 Å². The van der Waals surface area contributed by atoms with Gasteiger partial charge in [0, 0.05) is 10.0 Å². The number of hydrogen-bond acceptors (Lipinski definition) is 6. The molecule has 1 aliphatic rings. The fourth-order valence-electron chi connectivity index (χ4n) is 4.32. The molecule has 7 nitrogen and oxygen atoms in total. The number of nitrogens with zero attached hydrogens (tertiary/aromatic N) is 1. The molecule has 1 N–H and O–H groups in total. The Morgan fingerprint density at radius 1 is 1.12 bits per heavy atom. The molecule has 1 aromatic heterocycles. The highest BCUT2D eigenvalue weighted by Gasteiger charge is 2.51. The van der Waals surface area contributed by atoms with E-state index in [0.717, 1.165) is 5.56 Å². The number of ketones is 1. The van der Waals surface area contributed by atoms with Crippen molar-refractivity contribution in [2.45, 2.75) is 32.4 Å². The molecule has 3 aromatic rings. The second-order valence-corrected chi connectivity index (χ2v) is 8.97. The zero-order valence-electron chi connectivity index (χ0n) is 18.8. The SMILES string of the molecule is COc1ccc(CN2C(=O)C(O)(CC(=O)c3c(C)coc3C)c3cc(Br)ccc32)cc1OC. The Balaban J connectivity index is 1.72. The van der Waals surface area contributed by atoms with Crippen LogP contribution >= 0.6 is 15.9 Å². The summed E-state index contributed by atoms with van der Waals surface area (Å²) in [4.78, 5) is 28.2. The first-order chi connectivity index (χ1) is 15.7. The van der Waals surface area contributed by atoms with Crippen LogP contribution in [0, 0.1) is 13.8 Å². The van der Waals surface area contributed by atoms with Gasteiger partial charge in [-0.15, -0.1) is 0 Å². The van der Waals surface area contributed by atoms with Gasteiger partial charge in [0.15, 0.2) is 22.9 Å². The molecule has 33 heavy (non-hydrogen) atoms. The highest BCUT2D eigenvalue weighted by atomic mass is 79.9. The second kappa shape index (κ2) is 8.68. The van der Waals surface area contributed by atoms with Gasteiger partial charge in [0.25, 0.3) is 5.91 Å². The first-order valence-electron chi connectivity index (χ1n) is 10.3. The Morgan fingerprint density at radius 2 is 1.85 bits per heavy atom. The highest BCUT2D eigenvalue weighted by Crippen LogP contribution is 2.45. The number of rotatable bonds is 7. The molecule has 0 aliphatic carbocycles. The van der Waals surface area contributed by atoms with Crippen molar-refractivity contribution < 1.29 is 28.6 Å². The number of fused-ring (bicyclic) bond motifs is 1. The number of furan rings is 1. The number of aliphatic hydroxyl groups is 1. The molecule has 8 heteroatoms. The second-order valence-electron chi connectivity index (χ2n) is 8.05. The lowest BCUT2D eigenvalue weighted by atomic mass is 9.87. The molecule has 0 fully saturated rings. The normalized spacial score (nSPS) is 17.3. The van der Waals surface area contributed by atoms with Gasteiger partial charge in [-0.2, -0.15) is 0 Å². The van der Waals surface area contributed by atoms with E-state index in [1.165, 1.54) is 11.2 Å². The van der Waals surface area contributed by atoms with Gasteiger partial charge in [-0.05, 0) is 55.3 Å². The quantitative estimate of drug-likeness (QED) is 0.461. The number of amides is 1. The molecular weight excluding hydrogens is 490 g/mol. The Hall–Kier alpha value is -3.10. The van der Waals surface area contributed by atoms with Crippen LogP contribution in [0.25, 0.3) is 0 Å². The van der Waals surface area contributed by atoms with Crippen LogP contribution in [0.15, 0.2) is 51.6 Å². The Morgan fingerprint density at radius 3 is 2.48 bits per heavy atom. The molecule has 1 unspecified atom stereocenters. The maximum absolute atomic E-state index is 13.6. The van der Waals surface area contributed by atoms with Gasteiger partial charge in [-0.3, -0.25) is 9.59 Å². The Labute approximate surface area is 200 Å². The molecule has 0 saturated carbocycles. The van der Waals surface area contributed by atoms with Crippen molar-refractivity contribution in [3.8, 4) is 11.5 Å².